The average Bonchev–Trinajstić information content (AvgIpc) is 2.45. The molecular weight excluding hydrogens is 293 g/mol. The number of halogens is 1. The van der Waals surface area contributed by atoms with E-state index in [2.05, 4.69) is 0 Å². The van der Waals surface area contributed by atoms with Crippen molar-refractivity contribution in [1.82, 2.24) is 0 Å². The first-order valence-electron chi connectivity index (χ1n) is 6.29. The fourth-order valence-electron chi connectivity index (χ4n) is 2.01. The Morgan fingerprint density at radius 3 is 2.29 bits per heavy atom. The van der Waals surface area contributed by atoms with E-state index in [9.17, 15) is 17.6 Å². The molecule has 0 unspecified atom stereocenters. The highest BCUT2D eigenvalue weighted by Crippen LogP contribution is 2.26. The quantitative estimate of drug-likeness (QED) is 0.882. The van der Waals surface area contributed by atoms with E-state index >= 15 is 0 Å². The first kappa shape index (κ1) is 15.3. The van der Waals surface area contributed by atoms with Crippen molar-refractivity contribution in [3.63, 3.8) is 0 Å². The summed E-state index contributed by atoms with van der Waals surface area (Å²) in [4.78, 5) is 11.9. The minimum Gasteiger partial charge on any atom is -0.294 e. The van der Waals surface area contributed by atoms with Crippen LogP contribution in [0.25, 0.3) is 11.1 Å². The van der Waals surface area contributed by atoms with Crippen LogP contribution in [0.4, 0.5) is 4.39 Å². The van der Waals surface area contributed by atoms with Crippen molar-refractivity contribution < 1.29 is 17.6 Å². The molecule has 0 amide bonds. The fourth-order valence-corrected chi connectivity index (χ4v) is 2.53. The van der Waals surface area contributed by atoms with Crippen LogP contribution >= 0.6 is 0 Å². The normalized spacial score (nSPS) is 11.4. The fraction of sp³-hybridized carbons (Fsp3) is 0.133. The van der Waals surface area contributed by atoms with Crippen LogP contribution in [0.15, 0.2) is 47.4 Å². The lowest BCUT2D eigenvalue weighted by Gasteiger charge is -2.09. The predicted octanol–water partition coefficient (Wildman–Crippen LogP) is 2.73. The van der Waals surface area contributed by atoms with Crippen molar-refractivity contribution in [2.75, 3.05) is 0 Å². The van der Waals surface area contributed by atoms with Crippen molar-refractivity contribution >= 4 is 15.8 Å². The number of primary sulfonamides is 1. The summed E-state index contributed by atoms with van der Waals surface area (Å²) in [6, 6.07) is 9.58. The molecule has 4 nitrogen and oxygen atoms in total. The highest BCUT2D eigenvalue weighted by Gasteiger charge is 2.14. The van der Waals surface area contributed by atoms with Crippen molar-refractivity contribution in [3.8, 4) is 11.1 Å². The lowest BCUT2D eigenvalue weighted by molar-refractivity contribution is 0.0988. The van der Waals surface area contributed by atoms with Crippen LogP contribution in [-0.4, -0.2) is 14.2 Å². The highest BCUT2D eigenvalue weighted by atomic mass is 32.2. The summed E-state index contributed by atoms with van der Waals surface area (Å²) < 4.78 is 35.9. The number of hydrogen-bond acceptors (Lipinski definition) is 3. The summed E-state index contributed by atoms with van der Waals surface area (Å²) in [6.45, 7) is 1.72. The third-order valence-electron chi connectivity index (χ3n) is 3.10. The maximum absolute atomic E-state index is 13.4. The number of nitrogens with two attached hydrogens (primary N) is 1. The van der Waals surface area contributed by atoms with Gasteiger partial charge in [-0.2, -0.15) is 0 Å². The SMILES string of the molecule is CCC(=O)c1ccc(F)cc1-c1ccc(S(N)(=O)=O)cc1. The highest BCUT2D eigenvalue weighted by molar-refractivity contribution is 7.89. The Morgan fingerprint density at radius 2 is 1.76 bits per heavy atom. The zero-order valence-corrected chi connectivity index (χ0v) is 12.2. The van der Waals surface area contributed by atoms with Gasteiger partial charge in [0.1, 0.15) is 5.82 Å². The Labute approximate surface area is 122 Å². The van der Waals surface area contributed by atoms with Crippen molar-refractivity contribution in [2.24, 2.45) is 5.14 Å². The van der Waals surface area contributed by atoms with Crippen LogP contribution in [0.2, 0.25) is 0 Å². The number of hydrogen-bond donors (Lipinski definition) is 1. The predicted molar refractivity (Wildman–Crippen MR) is 77.8 cm³/mol. The molecule has 2 aromatic rings. The molecule has 0 atom stereocenters. The molecule has 0 saturated carbocycles. The van der Waals surface area contributed by atoms with Gasteiger partial charge in [-0.15, -0.1) is 0 Å². The van der Waals surface area contributed by atoms with Crippen LogP contribution in [0, 0.1) is 5.82 Å². The molecule has 0 saturated heterocycles. The molecule has 6 heteroatoms. The number of carbonyl (C=O) groups is 1. The van der Waals surface area contributed by atoms with Gasteiger partial charge in [-0.25, -0.2) is 17.9 Å². The maximum atomic E-state index is 13.4. The summed E-state index contributed by atoms with van der Waals surface area (Å²) >= 11 is 0. The molecular formula is C15H14FNO3S. The number of rotatable bonds is 4. The van der Waals surface area contributed by atoms with E-state index in [1.807, 2.05) is 0 Å². The van der Waals surface area contributed by atoms with Crippen LogP contribution < -0.4 is 5.14 Å². The summed E-state index contributed by atoms with van der Waals surface area (Å²) in [5.74, 6) is -0.575. The summed E-state index contributed by atoms with van der Waals surface area (Å²) in [6.07, 6.45) is 0.299. The largest absolute Gasteiger partial charge is 0.294 e. The summed E-state index contributed by atoms with van der Waals surface area (Å²) in [7, 11) is -3.78. The Balaban J connectivity index is 2.56. The molecule has 0 aliphatic carbocycles. The zero-order chi connectivity index (χ0) is 15.6. The van der Waals surface area contributed by atoms with Gasteiger partial charge in [0.2, 0.25) is 10.0 Å². The average molecular weight is 307 g/mol. The molecule has 2 rings (SSSR count). The van der Waals surface area contributed by atoms with Gasteiger partial charge >= 0.3 is 0 Å². The van der Waals surface area contributed by atoms with Gasteiger partial charge in [0.15, 0.2) is 5.78 Å². The van der Waals surface area contributed by atoms with Gasteiger partial charge in [0.05, 0.1) is 4.90 Å². The van der Waals surface area contributed by atoms with E-state index in [1.165, 1.54) is 42.5 Å². The topological polar surface area (TPSA) is 77.2 Å². The second-order valence-electron chi connectivity index (χ2n) is 4.54. The molecule has 0 heterocycles. The van der Waals surface area contributed by atoms with Gasteiger partial charge in [0, 0.05) is 12.0 Å². The molecule has 0 aliphatic rings. The molecule has 2 aromatic carbocycles. The van der Waals surface area contributed by atoms with Crippen molar-refractivity contribution in [3.05, 3.63) is 53.8 Å². The molecule has 2 N–H and O–H groups in total. The standard InChI is InChI=1S/C15H14FNO3S/c1-2-15(18)13-8-5-11(16)9-14(13)10-3-6-12(7-4-10)21(17,19)20/h3-9H,2H2,1H3,(H2,17,19,20). The van der Waals surface area contributed by atoms with Gasteiger partial charge in [-0.05, 0) is 41.5 Å². The zero-order valence-electron chi connectivity index (χ0n) is 11.3. The van der Waals surface area contributed by atoms with Crippen molar-refractivity contribution in [2.45, 2.75) is 18.2 Å². The minimum absolute atomic E-state index is 0.0361. The maximum Gasteiger partial charge on any atom is 0.238 e. The number of sulfonamides is 1. The van der Waals surface area contributed by atoms with E-state index in [0.29, 0.717) is 23.1 Å². The van der Waals surface area contributed by atoms with Crippen molar-refractivity contribution in [1.29, 1.82) is 0 Å². The number of benzene rings is 2. The van der Waals surface area contributed by atoms with E-state index in [0.717, 1.165) is 0 Å². The van der Waals surface area contributed by atoms with Crippen LogP contribution in [0.1, 0.15) is 23.7 Å². The smallest absolute Gasteiger partial charge is 0.238 e. The monoisotopic (exact) mass is 307 g/mol. The first-order valence-corrected chi connectivity index (χ1v) is 7.83. The number of ketones is 1. The summed E-state index contributed by atoms with van der Waals surface area (Å²) in [5, 5.41) is 5.03. The Kier molecular flexibility index (Phi) is 4.20. The molecule has 0 fully saturated rings. The van der Waals surface area contributed by atoms with Crippen LogP contribution in [0.3, 0.4) is 0 Å². The van der Waals surface area contributed by atoms with Crippen LogP contribution in [0.5, 0.6) is 0 Å². The molecule has 21 heavy (non-hydrogen) atoms. The molecule has 0 aromatic heterocycles. The molecule has 110 valence electrons. The molecule has 0 aliphatic heterocycles. The minimum atomic E-state index is -3.78. The first-order chi connectivity index (χ1) is 9.82. The summed E-state index contributed by atoms with van der Waals surface area (Å²) in [5.41, 5.74) is 1.39. The Hall–Kier alpha value is -2.05. The van der Waals surface area contributed by atoms with Gasteiger partial charge in [-0.3, -0.25) is 4.79 Å². The van der Waals surface area contributed by atoms with Gasteiger partial charge in [-0.1, -0.05) is 19.1 Å². The third kappa shape index (κ3) is 3.34. The molecule has 0 spiro atoms. The number of carbonyl (C=O) groups excluding carboxylic acids is 1. The van der Waals surface area contributed by atoms with E-state index in [-0.39, 0.29) is 10.7 Å². The van der Waals surface area contributed by atoms with Crippen LogP contribution in [-0.2, 0) is 10.0 Å². The second-order valence-corrected chi connectivity index (χ2v) is 6.10. The van der Waals surface area contributed by atoms with E-state index in [1.54, 1.807) is 6.92 Å². The number of Topliss-reactive ketones (excluding diaryl/α,β-unsaturated/α-hetero) is 1. The Morgan fingerprint density at radius 1 is 1.14 bits per heavy atom. The molecule has 0 bridgehead atoms. The second kappa shape index (κ2) is 5.75. The Bertz CT molecular complexity index is 783. The van der Waals surface area contributed by atoms with E-state index in [4.69, 9.17) is 5.14 Å². The van der Waals surface area contributed by atoms with Gasteiger partial charge < -0.3 is 0 Å². The third-order valence-corrected chi connectivity index (χ3v) is 4.03. The molecule has 0 radical (unpaired) electrons. The lowest BCUT2D eigenvalue weighted by atomic mass is 9.96. The van der Waals surface area contributed by atoms with E-state index < -0.39 is 15.8 Å². The van der Waals surface area contributed by atoms with Gasteiger partial charge in [0.25, 0.3) is 0 Å². The lowest BCUT2D eigenvalue weighted by Crippen LogP contribution is -2.11.